The molecule has 0 saturated heterocycles. The highest BCUT2D eigenvalue weighted by molar-refractivity contribution is 5.92. The average Bonchev–Trinajstić information content (AvgIpc) is 2.77. The summed E-state index contributed by atoms with van der Waals surface area (Å²) in [5.41, 5.74) is 1.71. The molecule has 0 radical (unpaired) electrons. The number of amides is 1. The topological polar surface area (TPSA) is 71.3 Å². The Kier molecular flexibility index (Phi) is 6.80. The molecule has 0 atom stereocenters. The summed E-state index contributed by atoms with van der Waals surface area (Å²) in [7, 11) is 1.47. The van der Waals surface area contributed by atoms with Crippen molar-refractivity contribution in [2.24, 2.45) is 0 Å². The van der Waals surface area contributed by atoms with Crippen LogP contribution in [-0.2, 0) is 4.79 Å². The first-order valence-electron chi connectivity index (χ1n) is 9.13. The maximum atomic E-state index is 14.0. The quantitative estimate of drug-likeness (QED) is 0.450. The summed E-state index contributed by atoms with van der Waals surface area (Å²) in [6, 6.07) is 22.2. The second-order valence-electron chi connectivity index (χ2n) is 6.26. The van der Waals surface area contributed by atoms with E-state index in [1.807, 2.05) is 24.3 Å². The van der Waals surface area contributed by atoms with E-state index in [1.54, 1.807) is 54.6 Å². The van der Waals surface area contributed by atoms with Crippen molar-refractivity contribution in [2.75, 3.05) is 19.0 Å². The molecule has 0 aliphatic heterocycles. The van der Waals surface area contributed by atoms with Gasteiger partial charge in [0.15, 0.2) is 18.1 Å². The molecule has 0 aliphatic rings. The van der Waals surface area contributed by atoms with Crippen LogP contribution < -0.4 is 14.8 Å². The molecule has 0 aliphatic carbocycles. The Balaban J connectivity index is 1.74. The zero-order valence-corrected chi connectivity index (χ0v) is 16.3. The second-order valence-corrected chi connectivity index (χ2v) is 6.26. The molecule has 0 saturated carbocycles. The summed E-state index contributed by atoms with van der Waals surface area (Å²) in [5.74, 6) is -0.00969. The van der Waals surface area contributed by atoms with E-state index in [1.165, 1.54) is 13.2 Å². The SMILES string of the molecule is COc1cc(C=C(C#N)c2ccccc2F)ccc1OCC(=O)Nc1ccccc1. The van der Waals surface area contributed by atoms with Gasteiger partial charge in [-0.05, 0) is 42.0 Å². The fourth-order valence-electron chi connectivity index (χ4n) is 2.77. The van der Waals surface area contributed by atoms with Gasteiger partial charge in [0.2, 0.25) is 0 Å². The molecule has 0 unspecified atom stereocenters. The molecule has 3 aromatic rings. The number of nitrogens with one attached hydrogen (secondary N) is 1. The van der Waals surface area contributed by atoms with Crippen LogP contribution in [0.1, 0.15) is 11.1 Å². The Morgan fingerprint density at radius 1 is 1.07 bits per heavy atom. The van der Waals surface area contributed by atoms with Gasteiger partial charge in [-0.3, -0.25) is 4.79 Å². The number of halogens is 1. The maximum absolute atomic E-state index is 14.0. The molecule has 150 valence electrons. The second kappa shape index (κ2) is 9.89. The van der Waals surface area contributed by atoms with E-state index >= 15 is 0 Å². The van der Waals surface area contributed by atoms with Gasteiger partial charge in [0.1, 0.15) is 5.82 Å². The van der Waals surface area contributed by atoms with Crippen molar-refractivity contribution in [3.63, 3.8) is 0 Å². The van der Waals surface area contributed by atoms with Crippen molar-refractivity contribution in [1.29, 1.82) is 5.26 Å². The van der Waals surface area contributed by atoms with E-state index in [0.29, 0.717) is 22.7 Å². The standard InChI is InChI=1S/C24H19FN2O3/c1-29-23-14-17(13-18(15-26)20-9-5-6-10-21(20)25)11-12-22(23)30-16-24(28)27-19-7-3-2-4-8-19/h2-14H,16H2,1H3,(H,27,28). The van der Waals surface area contributed by atoms with E-state index in [-0.39, 0.29) is 23.7 Å². The van der Waals surface area contributed by atoms with Crippen LogP contribution in [-0.4, -0.2) is 19.6 Å². The van der Waals surface area contributed by atoms with E-state index in [9.17, 15) is 14.4 Å². The van der Waals surface area contributed by atoms with Crippen LogP contribution in [0.4, 0.5) is 10.1 Å². The van der Waals surface area contributed by atoms with Crippen LogP contribution in [0.25, 0.3) is 11.6 Å². The minimum absolute atomic E-state index is 0.186. The van der Waals surface area contributed by atoms with Crippen LogP contribution in [0.15, 0.2) is 72.8 Å². The van der Waals surface area contributed by atoms with E-state index in [2.05, 4.69) is 5.32 Å². The summed E-state index contributed by atoms with van der Waals surface area (Å²) in [6.45, 7) is -0.195. The number of rotatable bonds is 7. The average molecular weight is 402 g/mol. The predicted molar refractivity (Wildman–Crippen MR) is 113 cm³/mol. The lowest BCUT2D eigenvalue weighted by atomic mass is 10.0. The number of nitrogens with zero attached hydrogens (tertiary/aromatic N) is 1. The molecule has 30 heavy (non-hydrogen) atoms. The number of methoxy groups -OCH3 is 1. The lowest BCUT2D eigenvalue weighted by molar-refractivity contribution is -0.118. The number of anilines is 1. The summed E-state index contributed by atoms with van der Waals surface area (Å²) < 4.78 is 24.9. The molecule has 0 bridgehead atoms. The fraction of sp³-hybridized carbons (Fsp3) is 0.0833. The van der Waals surface area contributed by atoms with Crippen molar-refractivity contribution in [3.8, 4) is 17.6 Å². The lowest BCUT2D eigenvalue weighted by Crippen LogP contribution is -2.20. The third-order valence-electron chi connectivity index (χ3n) is 4.20. The Morgan fingerprint density at radius 2 is 1.80 bits per heavy atom. The number of hydrogen-bond acceptors (Lipinski definition) is 4. The number of hydrogen-bond donors (Lipinski definition) is 1. The fourth-order valence-corrected chi connectivity index (χ4v) is 2.77. The number of carbonyl (C=O) groups is 1. The van der Waals surface area contributed by atoms with Crippen molar-refractivity contribution < 1.29 is 18.7 Å². The van der Waals surface area contributed by atoms with Crippen molar-refractivity contribution in [1.82, 2.24) is 0 Å². The molecule has 1 amide bonds. The molecule has 3 aromatic carbocycles. The smallest absolute Gasteiger partial charge is 0.262 e. The van der Waals surface area contributed by atoms with Gasteiger partial charge in [0.05, 0.1) is 18.8 Å². The van der Waals surface area contributed by atoms with E-state index < -0.39 is 5.82 Å². The van der Waals surface area contributed by atoms with Gasteiger partial charge < -0.3 is 14.8 Å². The highest BCUT2D eigenvalue weighted by Crippen LogP contribution is 2.30. The molecule has 3 rings (SSSR count). The highest BCUT2D eigenvalue weighted by Gasteiger charge is 2.11. The first kappa shape index (κ1) is 20.6. The Morgan fingerprint density at radius 3 is 2.50 bits per heavy atom. The zero-order chi connectivity index (χ0) is 21.3. The number of para-hydroxylation sites is 1. The number of benzene rings is 3. The van der Waals surface area contributed by atoms with Crippen molar-refractivity contribution in [2.45, 2.75) is 0 Å². The number of ether oxygens (including phenoxy) is 2. The Labute approximate surface area is 174 Å². The van der Waals surface area contributed by atoms with Gasteiger partial charge in [-0.1, -0.05) is 42.5 Å². The number of allylic oxidation sites excluding steroid dienone is 1. The highest BCUT2D eigenvalue weighted by atomic mass is 19.1. The predicted octanol–water partition coefficient (Wildman–Crippen LogP) is 4.92. The molecule has 6 heteroatoms. The molecular weight excluding hydrogens is 383 g/mol. The van der Waals surface area contributed by atoms with Gasteiger partial charge in [-0.2, -0.15) is 5.26 Å². The molecule has 1 N–H and O–H groups in total. The van der Waals surface area contributed by atoms with Crippen molar-refractivity contribution >= 4 is 23.2 Å². The molecule has 0 heterocycles. The van der Waals surface area contributed by atoms with Gasteiger partial charge in [-0.15, -0.1) is 0 Å². The molecular formula is C24H19FN2O3. The van der Waals surface area contributed by atoms with E-state index in [4.69, 9.17) is 9.47 Å². The van der Waals surface area contributed by atoms with Crippen LogP contribution in [0.3, 0.4) is 0 Å². The van der Waals surface area contributed by atoms with Gasteiger partial charge in [-0.25, -0.2) is 4.39 Å². The first-order chi connectivity index (χ1) is 14.6. The lowest BCUT2D eigenvalue weighted by Gasteiger charge is -2.12. The normalized spacial score (nSPS) is 10.8. The summed E-state index contributed by atoms with van der Waals surface area (Å²) in [5, 5.41) is 12.2. The third kappa shape index (κ3) is 5.24. The monoisotopic (exact) mass is 402 g/mol. The summed E-state index contributed by atoms with van der Waals surface area (Å²) >= 11 is 0. The Hall–Kier alpha value is -4.11. The third-order valence-corrected chi connectivity index (χ3v) is 4.20. The molecule has 5 nitrogen and oxygen atoms in total. The minimum Gasteiger partial charge on any atom is -0.493 e. The first-order valence-corrected chi connectivity index (χ1v) is 9.13. The van der Waals surface area contributed by atoms with Gasteiger partial charge in [0.25, 0.3) is 5.91 Å². The number of nitriles is 1. The van der Waals surface area contributed by atoms with Crippen molar-refractivity contribution in [3.05, 3.63) is 89.7 Å². The zero-order valence-electron chi connectivity index (χ0n) is 16.3. The van der Waals surface area contributed by atoms with E-state index in [0.717, 1.165) is 0 Å². The van der Waals surface area contributed by atoms with Crippen LogP contribution >= 0.6 is 0 Å². The van der Waals surface area contributed by atoms with Gasteiger partial charge in [0, 0.05) is 11.3 Å². The summed E-state index contributed by atoms with van der Waals surface area (Å²) in [4.78, 5) is 12.1. The molecule has 0 spiro atoms. The van der Waals surface area contributed by atoms with Crippen LogP contribution in [0, 0.1) is 17.1 Å². The summed E-state index contributed by atoms with van der Waals surface area (Å²) in [6.07, 6.45) is 1.56. The largest absolute Gasteiger partial charge is 0.493 e. The Bertz CT molecular complexity index is 1100. The van der Waals surface area contributed by atoms with Crippen LogP contribution in [0.2, 0.25) is 0 Å². The van der Waals surface area contributed by atoms with Gasteiger partial charge >= 0.3 is 0 Å². The maximum Gasteiger partial charge on any atom is 0.262 e. The van der Waals surface area contributed by atoms with Crippen LogP contribution in [0.5, 0.6) is 11.5 Å². The molecule has 0 fully saturated rings. The molecule has 0 aromatic heterocycles. The minimum atomic E-state index is -0.471. The number of carbonyl (C=O) groups excluding carboxylic acids is 1.